The van der Waals surface area contributed by atoms with Gasteiger partial charge in [-0.25, -0.2) is 0 Å². The minimum Gasteiger partial charge on any atom is -0.379 e. The van der Waals surface area contributed by atoms with Crippen LogP contribution in [-0.2, 0) is 42.9 Å². The van der Waals surface area contributed by atoms with Crippen LogP contribution >= 0.6 is 0 Å². The summed E-state index contributed by atoms with van der Waals surface area (Å²) in [5.74, 6) is 0.739. The first-order chi connectivity index (χ1) is 20.7. The van der Waals surface area contributed by atoms with Crippen molar-refractivity contribution in [1.29, 1.82) is 0 Å². The first kappa shape index (κ1) is 30.7. The quantitative estimate of drug-likeness (QED) is 0.471. The molecule has 1 aromatic rings. The van der Waals surface area contributed by atoms with Crippen LogP contribution in [0.1, 0.15) is 48.9 Å². The third-order valence-corrected chi connectivity index (χ3v) is 10.5. The normalized spacial score (nSPS) is 31.6. The van der Waals surface area contributed by atoms with Gasteiger partial charge in [-0.3, -0.25) is 19.5 Å². The van der Waals surface area contributed by atoms with E-state index in [0.717, 1.165) is 44.6 Å². The number of alkyl halides is 3. The number of aromatic nitrogens is 1. The number of morpholine rings is 1. The van der Waals surface area contributed by atoms with Crippen LogP contribution in [0.25, 0.3) is 0 Å². The van der Waals surface area contributed by atoms with Gasteiger partial charge in [-0.2, -0.15) is 13.2 Å². The van der Waals surface area contributed by atoms with Crippen molar-refractivity contribution in [2.75, 3.05) is 72.8 Å². The second-order valence-corrected chi connectivity index (χ2v) is 13.1. The zero-order valence-corrected chi connectivity index (χ0v) is 24.9. The molecule has 0 bridgehead atoms. The van der Waals surface area contributed by atoms with Crippen LogP contribution in [0.15, 0.2) is 12.3 Å². The number of carbonyl (C=O) groups is 2. The Morgan fingerprint density at radius 2 is 1.95 bits per heavy atom. The maximum absolute atomic E-state index is 14.5. The van der Waals surface area contributed by atoms with Crippen molar-refractivity contribution in [3.05, 3.63) is 29.1 Å². The lowest BCUT2D eigenvalue weighted by Crippen LogP contribution is -2.49. The molecule has 0 N–H and O–H groups in total. The maximum Gasteiger partial charge on any atom is 0.417 e. The van der Waals surface area contributed by atoms with Gasteiger partial charge in [0.2, 0.25) is 11.8 Å². The minimum absolute atomic E-state index is 0.0261. The van der Waals surface area contributed by atoms with Gasteiger partial charge in [0.15, 0.2) is 0 Å². The molecule has 0 spiro atoms. The van der Waals surface area contributed by atoms with Crippen molar-refractivity contribution in [1.82, 2.24) is 19.7 Å². The second kappa shape index (κ2) is 12.6. The largest absolute Gasteiger partial charge is 0.417 e. The highest BCUT2D eigenvalue weighted by atomic mass is 19.4. The Bertz CT molecular complexity index is 1180. The van der Waals surface area contributed by atoms with Crippen molar-refractivity contribution in [2.45, 2.75) is 57.3 Å². The maximum atomic E-state index is 14.5. The molecule has 5 heterocycles. The number of ether oxygens (including phenoxy) is 3. The molecule has 2 unspecified atom stereocenters. The Kier molecular flexibility index (Phi) is 9.01. The number of hydrogen-bond donors (Lipinski definition) is 0. The molecule has 0 aromatic carbocycles. The zero-order chi connectivity index (χ0) is 30.2. The van der Waals surface area contributed by atoms with Gasteiger partial charge in [-0.1, -0.05) is 0 Å². The molecule has 6 rings (SSSR count). The Labute approximate surface area is 251 Å². The molecule has 43 heavy (non-hydrogen) atoms. The first-order valence-electron chi connectivity index (χ1n) is 15.7. The number of likely N-dealkylation sites (tertiary alicyclic amines) is 1. The van der Waals surface area contributed by atoms with Crippen LogP contribution in [0.5, 0.6) is 0 Å². The summed E-state index contributed by atoms with van der Waals surface area (Å²) in [7, 11) is 1.72. The van der Waals surface area contributed by atoms with E-state index in [4.69, 9.17) is 14.2 Å². The van der Waals surface area contributed by atoms with Gasteiger partial charge in [0.1, 0.15) is 0 Å². The van der Waals surface area contributed by atoms with Gasteiger partial charge in [0.05, 0.1) is 36.9 Å². The second-order valence-electron chi connectivity index (χ2n) is 13.1. The van der Waals surface area contributed by atoms with Gasteiger partial charge < -0.3 is 24.0 Å². The van der Waals surface area contributed by atoms with E-state index in [2.05, 4.69) is 9.88 Å². The van der Waals surface area contributed by atoms with Gasteiger partial charge in [-0.15, -0.1) is 0 Å². The van der Waals surface area contributed by atoms with E-state index < -0.39 is 17.2 Å². The van der Waals surface area contributed by atoms with E-state index in [1.165, 1.54) is 0 Å². The fraction of sp³-hybridized carbons (Fsp3) is 0.774. The predicted molar refractivity (Wildman–Crippen MR) is 150 cm³/mol. The molecule has 1 saturated carbocycles. The van der Waals surface area contributed by atoms with Crippen LogP contribution in [0.4, 0.5) is 13.2 Å². The van der Waals surface area contributed by atoms with Crippen molar-refractivity contribution in [3.63, 3.8) is 0 Å². The third-order valence-electron chi connectivity index (χ3n) is 10.5. The molecule has 4 aliphatic heterocycles. The standard InChI is InChI=1S/C31H43F3N4O5/c1-41-27-19-43-9-4-22(27)12-21-13-25-18-38(28(39)3-5-36-7-10-42-11-8-36)20-30(25,15-21)29(40)37-6-2-26-23(17-37)14-24(16-35-26)31(32,33)34/h14,16,21-22,25,27H,2-13,15,17-20H2,1H3/t21-,22?,25+,27?,30+/m1/s1. The fourth-order valence-corrected chi connectivity index (χ4v) is 8.23. The van der Waals surface area contributed by atoms with Gasteiger partial charge >= 0.3 is 6.18 Å². The summed E-state index contributed by atoms with van der Waals surface area (Å²) >= 11 is 0. The number of hydrogen-bond acceptors (Lipinski definition) is 7. The molecular formula is C31H43F3N4O5. The minimum atomic E-state index is -4.49. The van der Waals surface area contributed by atoms with Gasteiger partial charge in [0, 0.05) is 84.3 Å². The number of methoxy groups -OCH3 is 1. The zero-order valence-electron chi connectivity index (χ0n) is 24.9. The summed E-state index contributed by atoms with van der Waals surface area (Å²) < 4.78 is 57.1. The molecule has 5 aliphatic rings. The van der Waals surface area contributed by atoms with Gasteiger partial charge in [0.25, 0.3) is 0 Å². The van der Waals surface area contributed by atoms with E-state index in [-0.39, 0.29) is 30.4 Å². The molecule has 12 heteroatoms. The SMILES string of the molecule is COC1COCCC1C[C@@H]1C[C@H]2CN(C(=O)CCN3CCOCC3)C[C@@]2(C(=O)N2CCc3ncc(C(F)(F)F)cc3C2)C1. The van der Waals surface area contributed by atoms with Crippen LogP contribution in [-0.4, -0.2) is 110 Å². The smallest absolute Gasteiger partial charge is 0.379 e. The third kappa shape index (κ3) is 6.43. The molecule has 0 radical (unpaired) electrons. The summed E-state index contributed by atoms with van der Waals surface area (Å²) in [6, 6.07) is 1.14. The van der Waals surface area contributed by atoms with E-state index in [1.54, 1.807) is 12.0 Å². The first-order valence-corrected chi connectivity index (χ1v) is 15.7. The average Bonchev–Trinajstić information content (AvgIpc) is 3.54. The molecule has 1 aromatic heterocycles. The van der Waals surface area contributed by atoms with Crippen LogP contribution < -0.4 is 0 Å². The number of fused-ring (bicyclic) bond motifs is 2. The summed E-state index contributed by atoms with van der Waals surface area (Å²) in [6.45, 7) is 6.39. The van der Waals surface area contributed by atoms with Crippen molar-refractivity contribution >= 4 is 11.8 Å². The van der Waals surface area contributed by atoms with Crippen LogP contribution in [0.3, 0.4) is 0 Å². The van der Waals surface area contributed by atoms with Crippen LogP contribution in [0, 0.1) is 23.2 Å². The Morgan fingerprint density at radius 1 is 1.14 bits per heavy atom. The van der Waals surface area contributed by atoms with Crippen molar-refractivity contribution < 1.29 is 37.0 Å². The highest BCUT2D eigenvalue weighted by molar-refractivity contribution is 5.86. The number of pyridine rings is 1. The lowest BCUT2D eigenvalue weighted by Gasteiger charge is -2.37. The van der Waals surface area contributed by atoms with Crippen LogP contribution in [0.2, 0.25) is 0 Å². The average molecular weight is 609 g/mol. The van der Waals surface area contributed by atoms with E-state index in [0.29, 0.717) is 95.0 Å². The molecule has 3 saturated heterocycles. The van der Waals surface area contributed by atoms with E-state index in [1.807, 2.05) is 4.90 Å². The molecule has 4 fully saturated rings. The highest BCUT2D eigenvalue weighted by Gasteiger charge is 2.59. The molecule has 9 nitrogen and oxygen atoms in total. The number of carbonyl (C=O) groups excluding carboxylic acids is 2. The summed E-state index contributed by atoms with van der Waals surface area (Å²) in [4.78, 5) is 37.9. The molecule has 2 amide bonds. The summed E-state index contributed by atoms with van der Waals surface area (Å²) in [5, 5.41) is 0. The molecule has 1 aliphatic carbocycles. The Balaban J connectivity index is 1.19. The highest BCUT2D eigenvalue weighted by Crippen LogP contribution is 2.54. The Morgan fingerprint density at radius 3 is 2.72 bits per heavy atom. The van der Waals surface area contributed by atoms with E-state index in [9.17, 15) is 22.8 Å². The molecule has 5 atom stereocenters. The Hall–Kier alpha value is -2.28. The molecular weight excluding hydrogens is 565 g/mol. The number of amides is 2. The van der Waals surface area contributed by atoms with Crippen molar-refractivity contribution in [2.24, 2.45) is 23.2 Å². The summed E-state index contributed by atoms with van der Waals surface area (Å²) in [6.07, 6.45) is 0.656. The number of rotatable bonds is 7. The lowest BCUT2D eigenvalue weighted by molar-refractivity contribution is -0.144. The van der Waals surface area contributed by atoms with E-state index >= 15 is 0 Å². The lowest BCUT2D eigenvalue weighted by atomic mass is 9.78. The number of halogens is 3. The fourth-order valence-electron chi connectivity index (χ4n) is 8.23. The van der Waals surface area contributed by atoms with Crippen molar-refractivity contribution in [3.8, 4) is 0 Å². The topological polar surface area (TPSA) is 84.4 Å². The summed E-state index contributed by atoms with van der Waals surface area (Å²) in [5.41, 5.74) is -0.440. The van der Waals surface area contributed by atoms with Gasteiger partial charge in [-0.05, 0) is 55.1 Å². The monoisotopic (exact) mass is 608 g/mol. The number of nitrogens with zero attached hydrogens (tertiary/aromatic N) is 4. The molecule has 238 valence electrons. The predicted octanol–water partition coefficient (Wildman–Crippen LogP) is 3.00.